The second kappa shape index (κ2) is 5.38. The summed E-state index contributed by atoms with van der Waals surface area (Å²) in [5, 5.41) is 0.580. The van der Waals surface area contributed by atoms with Crippen LogP contribution in [0.1, 0.15) is 17.5 Å². The van der Waals surface area contributed by atoms with Crippen molar-refractivity contribution < 1.29 is 4.39 Å². The summed E-state index contributed by atoms with van der Waals surface area (Å²) in [7, 11) is 0. The van der Waals surface area contributed by atoms with E-state index in [-0.39, 0.29) is 5.82 Å². The third-order valence-corrected chi connectivity index (χ3v) is 2.48. The first-order valence-electron chi connectivity index (χ1n) is 4.33. The fourth-order valence-corrected chi connectivity index (χ4v) is 1.36. The van der Waals surface area contributed by atoms with Gasteiger partial charge in [-0.3, -0.25) is 0 Å². The Bertz CT molecular complexity index is 345. The number of allylic oxidation sites excluding steroid dienone is 1. The molecule has 0 bridgehead atoms. The lowest BCUT2D eigenvalue weighted by Gasteiger charge is -2.01. The number of hydrogen-bond donors (Lipinski definition) is 0. The van der Waals surface area contributed by atoms with E-state index in [1.807, 2.05) is 6.08 Å². The summed E-state index contributed by atoms with van der Waals surface area (Å²) < 4.78 is 13.3. The first kappa shape index (κ1) is 11.5. The van der Waals surface area contributed by atoms with Gasteiger partial charge >= 0.3 is 0 Å². The zero-order chi connectivity index (χ0) is 10.6. The molecule has 3 heteroatoms. The zero-order valence-electron chi connectivity index (χ0n) is 7.86. The van der Waals surface area contributed by atoms with Crippen LogP contribution in [0.15, 0.2) is 18.2 Å². The number of hydrogen-bond acceptors (Lipinski definition) is 0. The van der Waals surface area contributed by atoms with Gasteiger partial charge in [0.25, 0.3) is 0 Å². The van der Waals surface area contributed by atoms with Crippen molar-refractivity contribution in [2.24, 2.45) is 0 Å². The molecule has 0 atom stereocenters. The highest BCUT2D eigenvalue weighted by Crippen LogP contribution is 2.21. The first-order valence-corrected chi connectivity index (χ1v) is 5.24. The van der Waals surface area contributed by atoms with Gasteiger partial charge in [0.2, 0.25) is 0 Å². The summed E-state index contributed by atoms with van der Waals surface area (Å²) in [6.45, 7) is 1.78. The quantitative estimate of drug-likeness (QED) is 0.677. The molecule has 0 saturated heterocycles. The molecule has 1 rings (SSSR count). The topological polar surface area (TPSA) is 0 Å². The van der Waals surface area contributed by atoms with Crippen LogP contribution < -0.4 is 0 Å². The van der Waals surface area contributed by atoms with Gasteiger partial charge in [0.15, 0.2) is 0 Å². The molecular formula is C11H11Cl2F. The van der Waals surface area contributed by atoms with E-state index in [1.165, 1.54) is 6.07 Å². The van der Waals surface area contributed by atoms with Crippen LogP contribution in [0.4, 0.5) is 4.39 Å². The molecule has 0 aliphatic carbocycles. The minimum atomic E-state index is -0.252. The fourth-order valence-electron chi connectivity index (χ4n) is 1.06. The summed E-state index contributed by atoms with van der Waals surface area (Å²) in [5.41, 5.74) is 1.25. The maximum atomic E-state index is 13.3. The van der Waals surface area contributed by atoms with Crippen molar-refractivity contribution in [3.63, 3.8) is 0 Å². The Morgan fingerprint density at radius 3 is 2.79 bits per heavy atom. The maximum absolute atomic E-state index is 13.3. The highest BCUT2D eigenvalue weighted by molar-refractivity contribution is 6.31. The van der Waals surface area contributed by atoms with Gasteiger partial charge in [-0.25, -0.2) is 4.39 Å². The van der Waals surface area contributed by atoms with E-state index in [0.29, 0.717) is 16.5 Å². The predicted octanol–water partition coefficient (Wildman–Crippen LogP) is 4.43. The molecule has 0 aliphatic heterocycles. The van der Waals surface area contributed by atoms with Crippen molar-refractivity contribution in [2.45, 2.75) is 13.3 Å². The van der Waals surface area contributed by atoms with E-state index in [0.717, 1.165) is 12.0 Å². The molecule has 0 fully saturated rings. The van der Waals surface area contributed by atoms with Gasteiger partial charge in [0, 0.05) is 16.5 Å². The van der Waals surface area contributed by atoms with Gasteiger partial charge in [0.1, 0.15) is 5.82 Å². The fraction of sp³-hybridized carbons (Fsp3) is 0.273. The smallest absolute Gasteiger partial charge is 0.130 e. The Balaban J connectivity index is 2.92. The molecule has 0 radical (unpaired) electrons. The number of aryl methyl sites for hydroxylation is 1. The molecule has 0 unspecified atom stereocenters. The van der Waals surface area contributed by atoms with Crippen LogP contribution in [0, 0.1) is 12.7 Å². The van der Waals surface area contributed by atoms with Crippen molar-refractivity contribution in [1.82, 2.24) is 0 Å². The van der Waals surface area contributed by atoms with Crippen LogP contribution in [-0.2, 0) is 0 Å². The van der Waals surface area contributed by atoms with Crippen molar-refractivity contribution >= 4 is 29.3 Å². The van der Waals surface area contributed by atoms with Crippen molar-refractivity contribution in [3.05, 3.63) is 40.2 Å². The average Bonchev–Trinajstić information content (AvgIpc) is 2.14. The minimum absolute atomic E-state index is 0.252. The van der Waals surface area contributed by atoms with E-state index < -0.39 is 0 Å². The van der Waals surface area contributed by atoms with Crippen LogP contribution in [0.5, 0.6) is 0 Å². The van der Waals surface area contributed by atoms with E-state index in [1.54, 1.807) is 19.1 Å². The van der Waals surface area contributed by atoms with E-state index in [2.05, 4.69) is 0 Å². The molecule has 0 aromatic heterocycles. The van der Waals surface area contributed by atoms with Gasteiger partial charge in [-0.15, -0.1) is 11.6 Å². The van der Waals surface area contributed by atoms with Crippen molar-refractivity contribution in [1.29, 1.82) is 0 Å². The lowest BCUT2D eigenvalue weighted by molar-refractivity contribution is 0.624. The Morgan fingerprint density at radius 2 is 2.14 bits per heavy atom. The lowest BCUT2D eigenvalue weighted by atomic mass is 10.1. The molecular weight excluding hydrogens is 222 g/mol. The van der Waals surface area contributed by atoms with Gasteiger partial charge in [0.05, 0.1) is 0 Å². The molecule has 0 heterocycles. The number of benzene rings is 1. The Labute approximate surface area is 93.3 Å². The normalized spacial score (nSPS) is 11.1. The summed E-state index contributed by atoms with van der Waals surface area (Å²) >= 11 is 11.4. The average molecular weight is 233 g/mol. The molecule has 0 aliphatic rings. The van der Waals surface area contributed by atoms with Gasteiger partial charge in [-0.2, -0.15) is 0 Å². The molecule has 0 nitrogen and oxygen atoms in total. The van der Waals surface area contributed by atoms with Crippen LogP contribution in [0.2, 0.25) is 5.02 Å². The molecule has 14 heavy (non-hydrogen) atoms. The van der Waals surface area contributed by atoms with Crippen LogP contribution in [0.3, 0.4) is 0 Å². The summed E-state index contributed by atoms with van der Waals surface area (Å²) in [5.74, 6) is 0.287. The predicted molar refractivity (Wildman–Crippen MR) is 60.5 cm³/mol. The highest BCUT2D eigenvalue weighted by atomic mass is 35.5. The Hall–Kier alpha value is -0.530. The first-order chi connectivity index (χ1) is 6.65. The van der Waals surface area contributed by atoms with Crippen LogP contribution >= 0.6 is 23.2 Å². The Kier molecular flexibility index (Phi) is 4.43. The van der Waals surface area contributed by atoms with Gasteiger partial charge < -0.3 is 0 Å². The Morgan fingerprint density at radius 1 is 1.43 bits per heavy atom. The van der Waals surface area contributed by atoms with E-state index >= 15 is 0 Å². The van der Waals surface area contributed by atoms with Crippen molar-refractivity contribution in [3.8, 4) is 0 Å². The largest absolute Gasteiger partial charge is 0.206 e. The highest BCUT2D eigenvalue weighted by Gasteiger charge is 2.02. The molecule has 1 aromatic carbocycles. The minimum Gasteiger partial charge on any atom is -0.206 e. The van der Waals surface area contributed by atoms with E-state index in [9.17, 15) is 4.39 Å². The van der Waals surface area contributed by atoms with Gasteiger partial charge in [-0.05, 0) is 31.0 Å². The molecule has 0 spiro atoms. The second-order valence-electron chi connectivity index (χ2n) is 3.00. The summed E-state index contributed by atoms with van der Waals surface area (Å²) in [6, 6.07) is 3.06. The molecule has 0 N–H and O–H groups in total. The molecule has 0 saturated carbocycles. The monoisotopic (exact) mass is 232 g/mol. The molecule has 0 amide bonds. The molecule has 76 valence electrons. The number of alkyl halides is 1. The van der Waals surface area contributed by atoms with Gasteiger partial charge in [-0.1, -0.05) is 23.8 Å². The third kappa shape index (κ3) is 3.00. The lowest BCUT2D eigenvalue weighted by Crippen LogP contribution is -1.85. The third-order valence-electron chi connectivity index (χ3n) is 1.85. The maximum Gasteiger partial charge on any atom is 0.130 e. The number of halogens is 3. The standard InChI is InChI=1S/C11H11Cl2F/c1-8-6-11(14)9(7-10(8)13)4-2-3-5-12/h2,4,6-7H,3,5H2,1H3. The SMILES string of the molecule is Cc1cc(F)c(C=CCCCl)cc1Cl. The second-order valence-corrected chi connectivity index (χ2v) is 3.79. The van der Waals surface area contributed by atoms with Crippen LogP contribution in [0.25, 0.3) is 6.08 Å². The van der Waals surface area contributed by atoms with Crippen molar-refractivity contribution in [2.75, 3.05) is 5.88 Å². The molecule has 1 aromatic rings. The van der Waals surface area contributed by atoms with E-state index in [4.69, 9.17) is 23.2 Å². The summed E-state index contributed by atoms with van der Waals surface area (Å²) in [4.78, 5) is 0. The van der Waals surface area contributed by atoms with Crippen LogP contribution in [-0.4, -0.2) is 5.88 Å². The number of rotatable bonds is 3. The zero-order valence-corrected chi connectivity index (χ0v) is 9.37. The summed E-state index contributed by atoms with van der Waals surface area (Å²) in [6.07, 6.45) is 4.26.